The van der Waals surface area contributed by atoms with E-state index in [4.69, 9.17) is 4.98 Å². The number of nitrogens with zero attached hydrogens (tertiary/aromatic N) is 3. The first-order valence-corrected chi connectivity index (χ1v) is 10.9. The van der Waals surface area contributed by atoms with E-state index in [9.17, 15) is 4.79 Å². The Kier molecular flexibility index (Phi) is 5.14. The van der Waals surface area contributed by atoms with Crippen LogP contribution in [0.2, 0.25) is 0 Å². The van der Waals surface area contributed by atoms with E-state index < -0.39 is 0 Å². The van der Waals surface area contributed by atoms with Gasteiger partial charge in [0.1, 0.15) is 0 Å². The third-order valence-corrected chi connectivity index (χ3v) is 6.66. The van der Waals surface area contributed by atoms with Gasteiger partial charge in [-0.2, -0.15) is 0 Å². The predicted octanol–water partition coefficient (Wildman–Crippen LogP) is 3.31. The topological polar surface area (TPSA) is 50.5 Å². The molecule has 7 heteroatoms. The lowest BCUT2D eigenvalue weighted by molar-refractivity contribution is -0.856. The number of quaternary nitrogens is 1. The molecule has 1 amide bonds. The molecule has 0 aliphatic carbocycles. The summed E-state index contributed by atoms with van der Waals surface area (Å²) in [6.45, 7) is 5.60. The van der Waals surface area contributed by atoms with Crippen molar-refractivity contribution < 1.29 is 9.69 Å². The van der Waals surface area contributed by atoms with Crippen molar-refractivity contribution >= 4 is 54.1 Å². The van der Waals surface area contributed by atoms with Crippen LogP contribution in [0.25, 0.3) is 20.4 Å². The largest absolute Gasteiger partial charge is 0.338 e. The number of hydrogen-bond donors (Lipinski definition) is 1. The maximum absolute atomic E-state index is 13.4. The van der Waals surface area contributed by atoms with Crippen LogP contribution in [0.3, 0.4) is 0 Å². The number of anilines is 1. The first-order chi connectivity index (χ1) is 13.4. The van der Waals surface area contributed by atoms with Crippen LogP contribution in [0.1, 0.15) is 20.9 Å². The molecule has 4 aromatic rings. The van der Waals surface area contributed by atoms with Gasteiger partial charge in [-0.3, -0.25) is 9.69 Å². The number of aromatic nitrogens is 2. The minimum absolute atomic E-state index is 0.0733. The minimum atomic E-state index is -0.0733. The van der Waals surface area contributed by atoms with E-state index in [1.54, 1.807) is 16.2 Å². The first kappa shape index (κ1) is 19.0. The fourth-order valence-electron chi connectivity index (χ4n) is 3.17. The summed E-state index contributed by atoms with van der Waals surface area (Å²) >= 11 is 3.02. The number of para-hydroxylation sites is 1. The Hall–Kier alpha value is -2.35. The van der Waals surface area contributed by atoms with Gasteiger partial charge in [0.2, 0.25) is 0 Å². The van der Waals surface area contributed by atoms with E-state index in [0.717, 1.165) is 37.7 Å². The molecular weight excluding hydrogens is 388 g/mol. The lowest BCUT2D eigenvalue weighted by Gasteiger charge is -2.19. The molecule has 0 unspecified atom stereocenters. The molecule has 144 valence electrons. The van der Waals surface area contributed by atoms with Crippen molar-refractivity contribution in [1.82, 2.24) is 9.97 Å². The third kappa shape index (κ3) is 3.65. The molecule has 0 fully saturated rings. The predicted molar refractivity (Wildman–Crippen MR) is 118 cm³/mol. The number of amides is 1. The van der Waals surface area contributed by atoms with E-state index in [1.165, 1.54) is 21.8 Å². The van der Waals surface area contributed by atoms with E-state index in [0.29, 0.717) is 11.6 Å². The number of carbonyl (C=O) groups is 1. The van der Waals surface area contributed by atoms with E-state index >= 15 is 0 Å². The molecule has 1 N–H and O–H groups in total. The number of fused-ring (bicyclic) bond motifs is 2. The number of nitrogens with one attached hydrogen (secondary N) is 1. The Labute approximate surface area is 172 Å². The summed E-state index contributed by atoms with van der Waals surface area (Å²) in [6, 6.07) is 12.1. The lowest BCUT2D eigenvalue weighted by Crippen LogP contribution is -3.06. The monoisotopic (exact) mass is 411 g/mol. The molecular formula is C21H23N4OS2+. The summed E-state index contributed by atoms with van der Waals surface area (Å²) in [5, 5.41) is 1.26. The van der Waals surface area contributed by atoms with Crippen LogP contribution in [0.5, 0.6) is 0 Å². The summed E-state index contributed by atoms with van der Waals surface area (Å²) in [7, 11) is 4.18. The number of aryl methyl sites for hydroxylation is 2. The number of likely N-dealkylation sites (N-methyl/N-ethyl adjacent to an activating group) is 1. The molecule has 4 rings (SSSR count). The highest BCUT2D eigenvalue weighted by Gasteiger charge is 2.25. The third-order valence-electron chi connectivity index (χ3n) is 4.61. The average Bonchev–Trinajstić information content (AvgIpc) is 3.25. The number of thiazole rings is 2. The van der Waals surface area contributed by atoms with Crippen molar-refractivity contribution in [2.45, 2.75) is 13.8 Å². The van der Waals surface area contributed by atoms with Crippen molar-refractivity contribution in [2.75, 3.05) is 32.1 Å². The summed E-state index contributed by atoms with van der Waals surface area (Å²) < 4.78 is 2.15. The fourth-order valence-corrected chi connectivity index (χ4v) is 5.25. The second-order valence-electron chi connectivity index (χ2n) is 7.33. The Morgan fingerprint density at radius 2 is 1.86 bits per heavy atom. The number of carbonyl (C=O) groups excluding carboxylic acids is 1. The molecule has 2 aromatic heterocycles. The van der Waals surface area contributed by atoms with Crippen molar-refractivity contribution in [3.8, 4) is 0 Å². The smallest absolute Gasteiger partial charge is 0.289 e. The number of benzene rings is 2. The number of hydrogen-bond acceptors (Lipinski definition) is 5. The summed E-state index contributed by atoms with van der Waals surface area (Å²) in [4.78, 5) is 25.9. The van der Waals surface area contributed by atoms with E-state index in [2.05, 4.69) is 45.1 Å². The lowest BCUT2D eigenvalue weighted by atomic mass is 10.1. The average molecular weight is 412 g/mol. The second-order valence-corrected chi connectivity index (χ2v) is 9.37. The van der Waals surface area contributed by atoms with Crippen LogP contribution >= 0.6 is 22.7 Å². The number of rotatable bonds is 5. The molecule has 0 aliphatic heterocycles. The van der Waals surface area contributed by atoms with Gasteiger partial charge < -0.3 is 4.90 Å². The van der Waals surface area contributed by atoms with Gasteiger partial charge >= 0.3 is 0 Å². The van der Waals surface area contributed by atoms with Crippen LogP contribution in [-0.4, -0.2) is 43.1 Å². The van der Waals surface area contributed by atoms with Crippen molar-refractivity contribution in [3.05, 3.63) is 52.5 Å². The van der Waals surface area contributed by atoms with E-state index in [1.807, 2.05) is 24.3 Å². The molecule has 2 aromatic carbocycles. The van der Waals surface area contributed by atoms with Gasteiger partial charge in [0.15, 0.2) is 10.1 Å². The van der Waals surface area contributed by atoms with Gasteiger partial charge in [-0.1, -0.05) is 29.5 Å². The zero-order valence-corrected chi connectivity index (χ0v) is 18.1. The summed E-state index contributed by atoms with van der Waals surface area (Å²) in [5.74, 6) is -0.0733. The van der Waals surface area contributed by atoms with Crippen molar-refractivity contribution in [3.63, 3.8) is 0 Å². The normalized spacial score (nSPS) is 11.6. The Balaban J connectivity index is 1.76. The van der Waals surface area contributed by atoms with Crippen LogP contribution in [-0.2, 0) is 0 Å². The molecule has 0 atom stereocenters. The highest BCUT2D eigenvalue weighted by atomic mass is 32.1. The van der Waals surface area contributed by atoms with Gasteiger partial charge in [-0.25, -0.2) is 9.97 Å². The van der Waals surface area contributed by atoms with Crippen molar-refractivity contribution in [2.24, 2.45) is 0 Å². The van der Waals surface area contributed by atoms with Crippen LogP contribution in [0.15, 0.2) is 36.4 Å². The molecule has 0 bridgehead atoms. The molecule has 0 aliphatic rings. The molecule has 28 heavy (non-hydrogen) atoms. The molecule has 0 saturated carbocycles. The zero-order valence-electron chi connectivity index (χ0n) is 16.4. The molecule has 5 nitrogen and oxygen atoms in total. The maximum Gasteiger partial charge on any atom is 0.289 e. The van der Waals surface area contributed by atoms with Gasteiger partial charge in [0.25, 0.3) is 5.91 Å². The Morgan fingerprint density at radius 3 is 2.61 bits per heavy atom. The van der Waals surface area contributed by atoms with Crippen LogP contribution in [0, 0.1) is 13.8 Å². The minimum Gasteiger partial charge on any atom is -0.338 e. The van der Waals surface area contributed by atoms with Gasteiger partial charge in [-0.05, 0) is 43.2 Å². The van der Waals surface area contributed by atoms with E-state index in [-0.39, 0.29) is 5.91 Å². The van der Waals surface area contributed by atoms with Gasteiger partial charge in [0, 0.05) is 0 Å². The van der Waals surface area contributed by atoms with Crippen LogP contribution < -0.4 is 9.80 Å². The fraction of sp³-hybridized carbons (Fsp3) is 0.286. The molecule has 2 heterocycles. The first-order valence-electron chi connectivity index (χ1n) is 9.26. The maximum atomic E-state index is 13.4. The Bertz CT molecular complexity index is 1130. The summed E-state index contributed by atoms with van der Waals surface area (Å²) in [6.07, 6.45) is 0. The standard InChI is InChI=1S/C21H22N4OS2/c1-13-11-14(2)18-17(12-13)28-21(23-18)25(10-9-24(3)4)20(26)19-22-15-7-5-6-8-16(15)27-19/h5-8,11-12H,9-10H2,1-4H3/p+1. The second kappa shape index (κ2) is 7.58. The SMILES string of the molecule is Cc1cc(C)c2nc(N(CC[NH+](C)C)C(=O)c3nc4ccccc4s3)sc2c1. The van der Waals surface area contributed by atoms with Crippen LogP contribution in [0.4, 0.5) is 5.13 Å². The van der Waals surface area contributed by atoms with Crippen molar-refractivity contribution in [1.29, 1.82) is 0 Å². The highest BCUT2D eigenvalue weighted by Crippen LogP contribution is 2.33. The van der Waals surface area contributed by atoms with Gasteiger partial charge in [-0.15, -0.1) is 11.3 Å². The Morgan fingerprint density at radius 1 is 1.07 bits per heavy atom. The molecule has 0 saturated heterocycles. The quantitative estimate of drug-likeness (QED) is 0.548. The molecule has 0 spiro atoms. The molecule has 0 radical (unpaired) electrons. The zero-order chi connectivity index (χ0) is 19.8. The van der Waals surface area contributed by atoms with Gasteiger partial charge in [0.05, 0.1) is 47.6 Å². The highest BCUT2D eigenvalue weighted by molar-refractivity contribution is 7.23. The summed E-state index contributed by atoms with van der Waals surface area (Å²) in [5.41, 5.74) is 4.19.